The molecule has 7 aromatic rings. The Morgan fingerprint density at radius 3 is 1.97 bits per heavy atom. The van der Waals surface area contributed by atoms with E-state index >= 15 is 0 Å². The number of nitrogens with zero attached hydrogens (tertiary/aromatic N) is 1. The van der Waals surface area contributed by atoms with E-state index in [1.165, 1.54) is 49.4 Å². The van der Waals surface area contributed by atoms with Crippen molar-refractivity contribution in [3.8, 4) is 16.8 Å². The molecule has 0 radical (unpaired) electrons. The van der Waals surface area contributed by atoms with E-state index in [1.807, 2.05) is 0 Å². The summed E-state index contributed by atoms with van der Waals surface area (Å²) < 4.78 is 2.35. The standard InChI is InChI=1S/C34H24N2/c1-2-11-28(12-3-1)36-33-16-7-6-14-30(33)31-23-26(19-22-34(31)36)24-17-20-27(21-18-24)35-32-15-8-10-25-9-4-5-13-29(25)32/h1-23,35H. The predicted molar refractivity (Wildman–Crippen MR) is 153 cm³/mol. The van der Waals surface area contributed by atoms with Gasteiger partial charge in [-0.3, -0.25) is 0 Å². The highest BCUT2D eigenvalue weighted by Gasteiger charge is 2.13. The van der Waals surface area contributed by atoms with Crippen molar-refractivity contribution in [1.29, 1.82) is 0 Å². The molecule has 2 nitrogen and oxygen atoms in total. The maximum atomic E-state index is 3.60. The number of rotatable bonds is 4. The summed E-state index contributed by atoms with van der Waals surface area (Å²) in [6.07, 6.45) is 0. The lowest BCUT2D eigenvalue weighted by molar-refractivity contribution is 1.18. The summed E-state index contributed by atoms with van der Waals surface area (Å²) in [5.74, 6) is 0. The Hall–Kier alpha value is -4.82. The second-order valence-electron chi connectivity index (χ2n) is 9.15. The molecule has 170 valence electrons. The van der Waals surface area contributed by atoms with Crippen LogP contribution >= 0.6 is 0 Å². The molecule has 0 aliphatic heterocycles. The lowest BCUT2D eigenvalue weighted by atomic mass is 10.0. The van der Waals surface area contributed by atoms with Gasteiger partial charge in [0.15, 0.2) is 0 Å². The molecule has 0 aliphatic carbocycles. The highest BCUT2D eigenvalue weighted by atomic mass is 15.0. The van der Waals surface area contributed by atoms with Gasteiger partial charge < -0.3 is 9.88 Å². The van der Waals surface area contributed by atoms with Crippen molar-refractivity contribution in [2.45, 2.75) is 0 Å². The summed E-state index contributed by atoms with van der Waals surface area (Å²) in [7, 11) is 0. The van der Waals surface area contributed by atoms with Gasteiger partial charge in [-0.1, -0.05) is 91.0 Å². The molecular weight excluding hydrogens is 436 g/mol. The van der Waals surface area contributed by atoms with E-state index in [2.05, 4.69) is 149 Å². The quantitative estimate of drug-likeness (QED) is 0.277. The molecule has 7 rings (SSSR count). The fourth-order valence-electron chi connectivity index (χ4n) is 5.24. The van der Waals surface area contributed by atoms with Gasteiger partial charge in [-0.05, 0) is 65.0 Å². The van der Waals surface area contributed by atoms with Crippen LogP contribution in [0.4, 0.5) is 11.4 Å². The van der Waals surface area contributed by atoms with E-state index in [-0.39, 0.29) is 0 Å². The van der Waals surface area contributed by atoms with Crippen LogP contribution in [-0.4, -0.2) is 4.57 Å². The van der Waals surface area contributed by atoms with Gasteiger partial charge in [-0.2, -0.15) is 0 Å². The normalized spacial score (nSPS) is 11.3. The van der Waals surface area contributed by atoms with Gasteiger partial charge in [0.25, 0.3) is 0 Å². The first kappa shape index (κ1) is 20.5. The number of anilines is 2. The number of aromatic nitrogens is 1. The first-order chi connectivity index (χ1) is 17.8. The van der Waals surface area contributed by atoms with Crippen molar-refractivity contribution in [3.63, 3.8) is 0 Å². The Labute approximate surface area is 210 Å². The fourth-order valence-corrected chi connectivity index (χ4v) is 5.24. The van der Waals surface area contributed by atoms with E-state index in [0.29, 0.717) is 0 Å². The second kappa shape index (κ2) is 8.44. The number of fused-ring (bicyclic) bond motifs is 4. The van der Waals surface area contributed by atoms with E-state index in [9.17, 15) is 0 Å². The van der Waals surface area contributed by atoms with Crippen molar-refractivity contribution in [3.05, 3.63) is 140 Å². The van der Waals surface area contributed by atoms with Gasteiger partial charge in [0.1, 0.15) is 0 Å². The SMILES string of the molecule is c1ccc(-n2c3ccccc3c3cc(-c4ccc(Nc5cccc6ccccc56)cc4)ccc32)cc1. The molecule has 0 bridgehead atoms. The molecular formula is C34H24N2. The third-order valence-corrected chi connectivity index (χ3v) is 6.97. The molecule has 0 aliphatic rings. The Kier molecular flexibility index (Phi) is 4.82. The van der Waals surface area contributed by atoms with E-state index in [0.717, 1.165) is 11.4 Å². The topological polar surface area (TPSA) is 17.0 Å². The van der Waals surface area contributed by atoms with E-state index < -0.39 is 0 Å². The van der Waals surface area contributed by atoms with Crippen molar-refractivity contribution in [1.82, 2.24) is 4.57 Å². The fraction of sp³-hybridized carbons (Fsp3) is 0. The van der Waals surface area contributed by atoms with Crippen LogP contribution in [0.3, 0.4) is 0 Å². The summed E-state index contributed by atoms with van der Waals surface area (Å²) in [5.41, 5.74) is 8.26. The van der Waals surface area contributed by atoms with Gasteiger partial charge in [0.05, 0.1) is 11.0 Å². The molecule has 1 N–H and O–H groups in total. The molecule has 0 saturated carbocycles. The number of nitrogens with one attached hydrogen (secondary N) is 1. The van der Waals surface area contributed by atoms with Crippen molar-refractivity contribution < 1.29 is 0 Å². The first-order valence-electron chi connectivity index (χ1n) is 12.3. The number of hydrogen-bond donors (Lipinski definition) is 1. The first-order valence-corrected chi connectivity index (χ1v) is 12.3. The Morgan fingerprint density at radius 1 is 0.444 bits per heavy atom. The maximum Gasteiger partial charge on any atom is 0.0541 e. The predicted octanol–water partition coefficient (Wildman–Crippen LogP) is 9.35. The van der Waals surface area contributed by atoms with Gasteiger partial charge in [-0.25, -0.2) is 0 Å². The summed E-state index contributed by atoms with van der Waals surface area (Å²) in [4.78, 5) is 0. The van der Waals surface area contributed by atoms with E-state index in [4.69, 9.17) is 0 Å². The second-order valence-corrected chi connectivity index (χ2v) is 9.15. The minimum absolute atomic E-state index is 1.08. The van der Waals surface area contributed by atoms with Crippen LogP contribution in [0.2, 0.25) is 0 Å². The minimum atomic E-state index is 1.08. The minimum Gasteiger partial charge on any atom is -0.355 e. The van der Waals surface area contributed by atoms with Crippen LogP contribution in [0, 0.1) is 0 Å². The third kappa shape index (κ3) is 3.43. The molecule has 0 spiro atoms. The van der Waals surface area contributed by atoms with Crippen LogP contribution in [0.1, 0.15) is 0 Å². The average molecular weight is 461 g/mol. The third-order valence-electron chi connectivity index (χ3n) is 6.97. The highest BCUT2D eigenvalue weighted by molar-refractivity contribution is 6.10. The number of para-hydroxylation sites is 2. The molecule has 0 amide bonds. The number of hydrogen-bond acceptors (Lipinski definition) is 1. The average Bonchev–Trinajstić information content (AvgIpc) is 3.28. The smallest absolute Gasteiger partial charge is 0.0541 e. The molecule has 0 fully saturated rings. The zero-order valence-corrected chi connectivity index (χ0v) is 19.7. The molecule has 1 aromatic heterocycles. The van der Waals surface area contributed by atoms with Crippen LogP contribution in [0.15, 0.2) is 140 Å². The Morgan fingerprint density at radius 2 is 1.11 bits per heavy atom. The molecule has 1 heterocycles. The van der Waals surface area contributed by atoms with Crippen LogP contribution in [-0.2, 0) is 0 Å². The van der Waals surface area contributed by atoms with Gasteiger partial charge in [-0.15, -0.1) is 0 Å². The zero-order valence-electron chi connectivity index (χ0n) is 19.7. The molecule has 0 unspecified atom stereocenters. The largest absolute Gasteiger partial charge is 0.355 e. The van der Waals surface area contributed by atoms with Crippen molar-refractivity contribution >= 4 is 44.0 Å². The Bertz CT molecular complexity index is 1840. The summed E-state index contributed by atoms with van der Waals surface area (Å²) >= 11 is 0. The molecule has 2 heteroatoms. The summed E-state index contributed by atoms with van der Waals surface area (Å²) in [6.45, 7) is 0. The summed E-state index contributed by atoms with van der Waals surface area (Å²) in [6, 6.07) is 49.6. The van der Waals surface area contributed by atoms with Gasteiger partial charge in [0.2, 0.25) is 0 Å². The maximum absolute atomic E-state index is 3.60. The van der Waals surface area contributed by atoms with Crippen LogP contribution in [0.25, 0.3) is 49.4 Å². The monoisotopic (exact) mass is 460 g/mol. The Balaban J connectivity index is 1.27. The highest BCUT2D eigenvalue weighted by Crippen LogP contribution is 2.35. The van der Waals surface area contributed by atoms with Crippen LogP contribution in [0.5, 0.6) is 0 Å². The zero-order chi connectivity index (χ0) is 23.9. The lowest BCUT2D eigenvalue weighted by Gasteiger charge is -2.11. The van der Waals surface area contributed by atoms with Crippen molar-refractivity contribution in [2.75, 3.05) is 5.32 Å². The van der Waals surface area contributed by atoms with Crippen molar-refractivity contribution in [2.24, 2.45) is 0 Å². The van der Waals surface area contributed by atoms with Crippen LogP contribution < -0.4 is 5.32 Å². The van der Waals surface area contributed by atoms with Gasteiger partial charge in [0, 0.05) is 33.2 Å². The van der Waals surface area contributed by atoms with E-state index in [1.54, 1.807) is 0 Å². The number of benzene rings is 6. The molecule has 36 heavy (non-hydrogen) atoms. The van der Waals surface area contributed by atoms with Gasteiger partial charge >= 0.3 is 0 Å². The molecule has 0 saturated heterocycles. The molecule has 6 aromatic carbocycles. The lowest BCUT2D eigenvalue weighted by Crippen LogP contribution is -1.93. The molecule has 0 atom stereocenters. The summed E-state index contributed by atoms with van der Waals surface area (Å²) in [5, 5.41) is 8.60.